The second-order valence-corrected chi connectivity index (χ2v) is 7.49. The van der Waals surface area contributed by atoms with Crippen LogP contribution in [0.5, 0.6) is 11.5 Å². The van der Waals surface area contributed by atoms with Crippen molar-refractivity contribution in [2.24, 2.45) is 4.40 Å². The molecule has 25 heavy (non-hydrogen) atoms. The van der Waals surface area contributed by atoms with Crippen LogP contribution in [0.25, 0.3) is 0 Å². The summed E-state index contributed by atoms with van der Waals surface area (Å²) in [6.07, 6.45) is 3.46. The van der Waals surface area contributed by atoms with E-state index in [4.69, 9.17) is 9.13 Å². The van der Waals surface area contributed by atoms with Crippen LogP contribution >= 0.6 is 11.9 Å². The minimum atomic E-state index is 0.430. The zero-order chi connectivity index (χ0) is 17.1. The Morgan fingerprint density at radius 1 is 1.12 bits per heavy atom. The summed E-state index contributed by atoms with van der Waals surface area (Å²) in [6, 6.07) is 16.9. The first-order chi connectivity index (χ1) is 12.3. The molecular weight excluding hydrogens is 328 g/mol. The molecule has 0 bridgehead atoms. The highest BCUT2D eigenvalue weighted by Gasteiger charge is 2.29. The summed E-state index contributed by atoms with van der Waals surface area (Å²) in [5, 5.41) is 0. The number of ether oxygens (including phenoxy) is 1. The van der Waals surface area contributed by atoms with E-state index in [1.54, 1.807) is 11.9 Å². The number of hydrogen-bond acceptors (Lipinski definition) is 4. The zero-order valence-corrected chi connectivity index (χ0v) is 15.5. The minimum absolute atomic E-state index is 0.430. The fourth-order valence-electron chi connectivity index (χ4n) is 3.61. The van der Waals surface area contributed by atoms with Crippen molar-refractivity contribution >= 4 is 17.8 Å². The Morgan fingerprint density at radius 3 is 2.84 bits per heavy atom. The van der Waals surface area contributed by atoms with Crippen molar-refractivity contribution < 1.29 is 4.74 Å². The summed E-state index contributed by atoms with van der Waals surface area (Å²) in [4.78, 5) is 2.46. The van der Waals surface area contributed by atoms with Crippen molar-refractivity contribution in [3.05, 3.63) is 59.7 Å². The third-order valence-electron chi connectivity index (χ3n) is 4.99. The van der Waals surface area contributed by atoms with Crippen LogP contribution in [0.1, 0.15) is 36.8 Å². The molecule has 4 heteroatoms. The van der Waals surface area contributed by atoms with Crippen LogP contribution in [-0.4, -0.2) is 29.6 Å². The molecule has 2 aromatic rings. The van der Waals surface area contributed by atoms with Crippen molar-refractivity contribution in [3.63, 3.8) is 0 Å². The molecule has 0 N–H and O–H groups in total. The molecule has 4 rings (SSSR count). The summed E-state index contributed by atoms with van der Waals surface area (Å²) in [6.45, 7) is 4.45. The molecule has 2 heterocycles. The lowest BCUT2D eigenvalue weighted by Crippen LogP contribution is -2.42. The summed E-state index contributed by atoms with van der Waals surface area (Å²) in [5.41, 5.74) is 2.64. The van der Waals surface area contributed by atoms with Gasteiger partial charge in [-0.3, -0.25) is 0 Å². The first kappa shape index (κ1) is 16.5. The van der Waals surface area contributed by atoms with Crippen LogP contribution in [0.15, 0.2) is 52.9 Å². The number of aryl methyl sites for hydroxylation is 1. The molecule has 0 amide bonds. The molecule has 1 unspecified atom stereocenters. The second-order valence-electron chi connectivity index (χ2n) is 6.64. The lowest BCUT2D eigenvalue weighted by atomic mass is 9.89. The highest BCUT2D eigenvalue weighted by Crippen LogP contribution is 2.34. The van der Waals surface area contributed by atoms with Crippen LogP contribution < -0.4 is 4.74 Å². The summed E-state index contributed by atoms with van der Waals surface area (Å²) >= 11 is 1.71. The highest BCUT2D eigenvalue weighted by molar-refractivity contribution is 7.98. The van der Waals surface area contributed by atoms with Gasteiger partial charge in [0, 0.05) is 24.8 Å². The van der Waals surface area contributed by atoms with Gasteiger partial charge in [0.2, 0.25) is 0 Å². The Morgan fingerprint density at radius 2 is 2.00 bits per heavy atom. The number of rotatable bonds is 4. The molecule has 1 fully saturated rings. The molecule has 0 saturated carbocycles. The van der Waals surface area contributed by atoms with Crippen molar-refractivity contribution in [2.45, 2.75) is 32.1 Å². The monoisotopic (exact) mass is 352 g/mol. The average Bonchev–Trinajstić information content (AvgIpc) is 2.68. The lowest BCUT2D eigenvalue weighted by molar-refractivity contribution is 0.371. The van der Waals surface area contributed by atoms with E-state index >= 15 is 0 Å². The molecule has 1 atom stereocenters. The van der Waals surface area contributed by atoms with E-state index in [0.717, 1.165) is 36.8 Å². The number of hydrogen-bond donors (Lipinski definition) is 0. The minimum Gasteiger partial charge on any atom is -0.457 e. The van der Waals surface area contributed by atoms with Gasteiger partial charge in [-0.15, -0.1) is 0 Å². The van der Waals surface area contributed by atoms with Crippen LogP contribution in [0.2, 0.25) is 0 Å². The number of nitrogens with zero attached hydrogens (tertiary/aromatic N) is 2. The van der Waals surface area contributed by atoms with E-state index in [-0.39, 0.29) is 0 Å². The molecule has 0 aromatic heterocycles. The van der Waals surface area contributed by atoms with Crippen molar-refractivity contribution in [1.82, 2.24) is 4.90 Å². The van der Waals surface area contributed by atoms with Gasteiger partial charge >= 0.3 is 0 Å². The standard InChI is InChI=1S/C21H24N2OS/c1-2-16-5-3-6-19(15-16)24-18-10-8-17(9-11-18)20-7-4-12-23-13-14-25-22-21(20)23/h3,5-6,8-11,15,20H,2,4,7,12-14H2,1H3. The van der Waals surface area contributed by atoms with Crippen molar-refractivity contribution in [2.75, 3.05) is 18.8 Å². The van der Waals surface area contributed by atoms with Crippen molar-refractivity contribution in [3.8, 4) is 11.5 Å². The predicted octanol–water partition coefficient (Wildman–Crippen LogP) is 5.28. The van der Waals surface area contributed by atoms with E-state index in [0.29, 0.717) is 5.92 Å². The fourth-order valence-corrected chi connectivity index (χ4v) is 4.38. The van der Waals surface area contributed by atoms with Crippen LogP contribution in [0.3, 0.4) is 0 Å². The third kappa shape index (κ3) is 3.69. The summed E-state index contributed by atoms with van der Waals surface area (Å²) in [5.74, 6) is 4.61. The van der Waals surface area contributed by atoms with Crippen LogP contribution in [0.4, 0.5) is 0 Å². The Balaban J connectivity index is 1.50. The van der Waals surface area contributed by atoms with E-state index < -0.39 is 0 Å². The molecule has 3 nitrogen and oxygen atoms in total. The van der Waals surface area contributed by atoms with Crippen molar-refractivity contribution in [1.29, 1.82) is 0 Å². The van der Waals surface area contributed by atoms with Gasteiger partial charge in [-0.1, -0.05) is 31.2 Å². The maximum absolute atomic E-state index is 6.03. The smallest absolute Gasteiger partial charge is 0.127 e. The first-order valence-electron chi connectivity index (χ1n) is 9.15. The first-order valence-corrected chi connectivity index (χ1v) is 10.1. The Labute approximate surface area is 154 Å². The molecule has 2 aliphatic rings. The Bertz CT molecular complexity index is 757. The Hall–Kier alpha value is -1.94. The third-order valence-corrected chi connectivity index (χ3v) is 5.67. The average molecular weight is 353 g/mol. The molecule has 0 radical (unpaired) electrons. The van der Waals surface area contributed by atoms with Gasteiger partial charge in [0.25, 0.3) is 0 Å². The lowest BCUT2D eigenvalue weighted by Gasteiger charge is -2.37. The molecule has 2 aromatic carbocycles. The summed E-state index contributed by atoms with van der Waals surface area (Å²) in [7, 11) is 0. The molecule has 0 spiro atoms. The maximum atomic E-state index is 6.03. The largest absolute Gasteiger partial charge is 0.457 e. The topological polar surface area (TPSA) is 24.8 Å². The molecule has 0 aliphatic carbocycles. The van der Waals surface area contributed by atoms with Gasteiger partial charge in [0.1, 0.15) is 17.3 Å². The molecule has 1 saturated heterocycles. The van der Waals surface area contributed by atoms with Crippen LogP contribution in [-0.2, 0) is 6.42 Å². The summed E-state index contributed by atoms with van der Waals surface area (Å²) < 4.78 is 10.8. The van der Waals surface area contributed by atoms with E-state index in [2.05, 4.69) is 54.3 Å². The van der Waals surface area contributed by atoms with Gasteiger partial charge < -0.3 is 9.64 Å². The van der Waals surface area contributed by atoms with E-state index in [1.165, 1.54) is 29.8 Å². The number of fused-ring (bicyclic) bond motifs is 1. The predicted molar refractivity (Wildman–Crippen MR) is 106 cm³/mol. The quantitative estimate of drug-likeness (QED) is 0.700. The SMILES string of the molecule is CCc1cccc(Oc2ccc(C3CCCN4CCSN=C34)cc2)c1. The highest BCUT2D eigenvalue weighted by atomic mass is 32.2. The molecule has 130 valence electrons. The zero-order valence-electron chi connectivity index (χ0n) is 14.6. The van der Waals surface area contributed by atoms with Gasteiger partial charge in [-0.05, 0) is 66.6 Å². The molecular formula is C21H24N2OS. The van der Waals surface area contributed by atoms with E-state index in [9.17, 15) is 0 Å². The number of amidine groups is 1. The van der Waals surface area contributed by atoms with Gasteiger partial charge in [-0.2, -0.15) is 0 Å². The fraction of sp³-hybridized carbons (Fsp3) is 0.381. The maximum Gasteiger partial charge on any atom is 0.127 e. The van der Waals surface area contributed by atoms with Gasteiger partial charge in [0.15, 0.2) is 0 Å². The normalized spacial score (nSPS) is 20.0. The Kier molecular flexibility index (Phi) is 4.97. The van der Waals surface area contributed by atoms with Gasteiger partial charge in [0.05, 0.1) is 0 Å². The van der Waals surface area contributed by atoms with Crippen LogP contribution in [0, 0.1) is 0 Å². The van der Waals surface area contributed by atoms with Gasteiger partial charge in [-0.25, -0.2) is 4.40 Å². The number of piperidine rings is 1. The number of benzene rings is 2. The second kappa shape index (κ2) is 7.52. The van der Waals surface area contributed by atoms with E-state index in [1.807, 2.05) is 6.07 Å². The molecule has 2 aliphatic heterocycles.